The summed E-state index contributed by atoms with van der Waals surface area (Å²) >= 11 is 1.80. The van der Waals surface area contributed by atoms with Crippen LogP contribution in [-0.4, -0.2) is 85.5 Å². The number of thioether (sulfide) groups is 1. The molecule has 0 bridgehead atoms. The van der Waals surface area contributed by atoms with Gasteiger partial charge in [-0.05, 0) is 32.4 Å². The molecule has 1 saturated heterocycles. The Morgan fingerprint density at radius 1 is 1.39 bits per heavy atom. The van der Waals surface area contributed by atoms with Crippen molar-refractivity contribution in [2.45, 2.75) is 44.3 Å². The highest BCUT2D eigenvalue weighted by Gasteiger charge is 2.38. The van der Waals surface area contributed by atoms with Crippen molar-refractivity contribution in [1.82, 2.24) is 20.4 Å². The summed E-state index contributed by atoms with van der Waals surface area (Å²) in [5.74, 6) is 1.82. The van der Waals surface area contributed by atoms with E-state index in [2.05, 4.69) is 33.7 Å². The van der Waals surface area contributed by atoms with Crippen LogP contribution in [0.3, 0.4) is 0 Å². The van der Waals surface area contributed by atoms with Gasteiger partial charge in [0.15, 0.2) is 5.96 Å². The van der Waals surface area contributed by atoms with Gasteiger partial charge >= 0.3 is 0 Å². The molecule has 2 atom stereocenters. The van der Waals surface area contributed by atoms with Gasteiger partial charge in [-0.3, -0.25) is 9.69 Å². The van der Waals surface area contributed by atoms with Crippen LogP contribution >= 0.6 is 11.8 Å². The molecule has 0 radical (unpaired) electrons. The standard InChI is InChI=1S/C16H31N5OS/c1-12-9-13(11-21(12)14-5-6-14)19-16(17-7-8-23-4)18-10-15(22)20(2)3/h12-14H,5-11H2,1-4H3,(H2,17,18,19). The average molecular weight is 342 g/mol. The van der Waals surface area contributed by atoms with Crippen molar-refractivity contribution < 1.29 is 4.79 Å². The van der Waals surface area contributed by atoms with Crippen LogP contribution in [0.1, 0.15) is 26.2 Å². The Hall–Kier alpha value is -0.950. The van der Waals surface area contributed by atoms with Crippen LogP contribution in [0.4, 0.5) is 0 Å². The molecule has 2 aliphatic rings. The lowest BCUT2D eigenvalue weighted by atomic mass is 10.2. The molecule has 7 heteroatoms. The molecule has 2 unspecified atom stereocenters. The molecule has 2 N–H and O–H groups in total. The summed E-state index contributed by atoms with van der Waals surface area (Å²) in [6, 6.07) is 1.86. The molecular weight excluding hydrogens is 310 g/mol. The molecule has 1 heterocycles. The maximum Gasteiger partial charge on any atom is 0.243 e. The third-order valence-electron chi connectivity index (χ3n) is 4.45. The van der Waals surface area contributed by atoms with Crippen LogP contribution in [-0.2, 0) is 4.79 Å². The first kappa shape index (κ1) is 18.4. The number of aliphatic imine (C=N–C) groups is 1. The first-order valence-corrected chi connectivity index (χ1v) is 9.90. The summed E-state index contributed by atoms with van der Waals surface area (Å²) < 4.78 is 0. The van der Waals surface area contributed by atoms with E-state index in [0.717, 1.165) is 37.3 Å². The van der Waals surface area contributed by atoms with Crippen LogP contribution in [0, 0.1) is 0 Å². The fraction of sp³-hybridized carbons (Fsp3) is 0.875. The highest BCUT2D eigenvalue weighted by atomic mass is 32.2. The fourth-order valence-electron chi connectivity index (χ4n) is 2.98. The summed E-state index contributed by atoms with van der Waals surface area (Å²) in [5.41, 5.74) is 0. The predicted molar refractivity (Wildman–Crippen MR) is 98.1 cm³/mol. The molecule has 0 aromatic rings. The minimum atomic E-state index is 0.0235. The van der Waals surface area contributed by atoms with Crippen LogP contribution in [0.25, 0.3) is 0 Å². The highest BCUT2D eigenvalue weighted by Crippen LogP contribution is 2.33. The van der Waals surface area contributed by atoms with E-state index in [9.17, 15) is 4.79 Å². The lowest BCUT2D eigenvalue weighted by molar-refractivity contribution is -0.127. The second kappa shape index (κ2) is 8.78. The molecule has 0 spiro atoms. The van der Waals surface area contributed by atoms with E-state index in [4.69, 9.17) is 0 Å². The molecule has 1 amide bonds. The number of nitrogens with zero attached hydrogens (tertiary/aromatic N) is 3. The van der Waals surface area contributed by atoms with Gasteiger partial charge in [0, 0.05) is 51.1 Å². The summed E-state index contributed by atoms with van der Waals surface area (Å²) in [5, 5.41) is 6.87. The van der Waals surface area contributed by atoms with E-state index < -0.39 is 0 Å². The summed E-state index contributed by atoms with van der Waals surface area (Å²) in [7, 11) is 3.52. The Morgan fingerprint density at radius 3 is 2.74 bits per heavy atom. The molecule has 0 aromatic carbocycles. The van der Waals surface area contributed by atoms with E-state index in [-0.39, 0.29) is 12.5 Å². The largest absolute Gasteiger partial charge is 0.356 e. The number of hydrogen-bond donors (Lipinski definition) is 2. The van der Waals surface area contributed by atoms with Crippen molar-refractivity contribution in [3.05, 3.63) is 0 Å². The van der Waals surface area contributed by atoms with Gasteiger partial charge in [0.25, 0.3) is 0 Å². The molecule has 0 aromatic heterocycles. The van der Waals surface area contributed by atoms with Crippen molar-refractivity contribution in [3.8, 4) is 0 Å². The number of nitrogens with one attached hydrogen (secondary N) is 2. The fourth-order valence-corrected chi connectivity index (χ4v) is 3.29. The topological polar surface area (TPSA) is 60.0 Å². The summed E-state index contributed by atoms with van der Waals surface area (Å²) in [6.07, 6.45) is 5.93. The van der Waals surface area contributed by atoms with Crippen LogP contribution in [0.15, 0.2) is 4.99 Å². The van der Waals surface area contributed by atoms with Gasteiger partial charge in [0.05, 0.1) is 0 Å². The molecule has 1 aliphatic heterocycles. The van der Waals surface area contributed by atoms with Gasteiger partial charge in [-0.15, -0.1) is 0 Å². The SMILES string of the molecule is CSCCNC(=NCC(=O)N(C)C)NC1CC(C)N(C2CC2)C1. The van der Waals surface area contributed by atoms with Crippen molar-refractivity contribution in [2.24, 2.45) is 4.99 Å². The first-order valence-electron chi connectivity index (χ1n) is 8.51. The Kier molecular flexibility index (Phi) is 7.02. The normalized spacial score (nSPS) is 25.5. The minimum Gasteiger partial charge on any atom is -0.356 e. The van der Waals surface area contributed by atoms with Gasteiger partial charge in [-0.25, -0.2) is 4.99 Å². The van der Waals surface area contributed by atoms with Gasteiger partial charge < -0.3 is 15.5 Å². The zero-order chi connectivity index (χ0) is 16.8. The monoisotopic (exact) mass is 341 g/mol. The molecule has 23 heavy (non-hydrogen) atoms. The molecular formula is C16H31N5OS. The number of rotatable bonds is 7. The van der Waals surface area contributed by atoms with E-state index in [1.165, 1.54) is 12.8 Å². The Bertz CT molecular complexity index is 425. The third kappa shape index (κ3) is 5.88. The van der Waals surface area contributed by atoms with Gasteiger partial charge in [0.2, 0.25) is 5.91 Å². The van der Waals surface area contributed by atoms with E-state index in [1.54, 1.807) is 30.8 Å². The Balaban J connectivity index is 1.88. The van der Waals surface area contributed by atoms with Crippen molar-refractivity contribution in [1.29, 1.82) is 0 Å². The smallest absolute Gasteiger partial charge is 0.243 e. The second-order valence-corrected chi connectivity index (χ2v) is 7.71. The Morgan fingerprint density at radius 2 is 2.13 bits per heavy atom. The second-order valence-electron chi connectivity index (χ2n) is 6.73. The minimum absolute atomic E-state index is 0.0235. The first-order chi connectivity index (χ1) is 11.0. The van der Waals surface area contributed by atoms with Gasteiger partial charge in [-0.1, -0.05) is 0 Å². The van der Waals surface area contributed by atoms with E-state index >= 15 is 0 Å². The quantitative estimate of drug-likeness (QED) is 0.403. The van der Waals surface area contributed by atoms with Crippen LogP contribution in [0.5, 0.6) is 0 Å². The summed E-state index contributed by atoms with van der Waals surface area (Å²) in [6.45, 7) is 4.44. The number of amides is 1. The number of carbonyl (C=O) groups excluding carboxylic acids is 1. The molecule has 1 aliphatic carbocycles. The van der Waals surface area contributed by atoms with Crippen LogP contribution in [0.2, 0.25) is 0 Å². The molecule has 2 rings (SSSR count). The number of likely N-dealkylation sites (N-methyl/N-ethyl adjacent to an activating group) is 1. The van der Waals surface area contributed by atoms with Crippen LogP contribution < -0.4 is 10.6 Å². The zero-order valence-electron chi connectivity index (χ0n) is 14.8. The number of carbonyl (C=O) groups is 1. The number of likely N-dealkylation sites (tertiary alicyclic amines) is 1. The lowest BCUT2D eigenvalue weighted by Gasteiger charge is -2.20. The number of hydrogen-bond acceptors (Lipinski definition) is 4. The summed E-state index contributed by atoms with van der Waals surface area (Å²) in [4.78, 5) is 20.4. The molecule has 2 fully saturated rings. The zero-order valence-corrected chi connectivity index (χ0v) is 15.7. The predicted octanol–water partition coefficient (Wildman–Crippen LogP) is 0.598. The maximum atomic E-state index is 11.8. The van der Waals surface area contributed by atoms with Gasteiger partial charge in [-0.2, -0.15) is 11.8 Å². The average Bonchev–Trinajstić information content (AvgIpc) is 3.28. The van der Waals surface area contributed by atoms with Crippen molar-refractivity contribution in [3.63, 3.8) is 0 Å². The van der Waals surface area contributed by atoms with Crippen molar-refractivity contribution >= 4 is 23.6 Å². The van der Waals surface area contributed by atoms with Crippen molar-refractivity contribution in [2.75, 3.05) is 45.7 Å². The maximum absolute atomic E-state index is 11.8. The van der Waals surface area contributed by atoms with E-state index in [0.29, 0.717) is 12.1 Å². The third-order valence-corrected chi connectivity index (χ3v) is 5.06. The van der Waals surface area contributed by atoms with Gasteiger partial charge in [0.1, 0.15) is 6.54 Å². The molecule has 6 nitrogen and oxygen atoms in total. The number of guanidine groups is 1. The lowest BCUT2D eigenvalue weighted by Crippen LogP contribution is -2.46. The van der Waals surface area contributed by atoms with E-state index in [1.807, 2.05) is 0 Å². The Labute approximate surface area is 144 Å². The molecule has 1 saturated carbocycles. The highest BCUT2D eigenvalue weighted by molar-refractivity contribution is 7.98. The molecule has 132 valence electrons.